The van der Waals surface area contributed by atoms with Crippen molar-refractivity contribution in [2.24, 2.45) is 0 Å². The van der Waals surface area contributed by atoms with E-state index in [1.807, 2.05) is 24.3 Å². The maximum Gasteiger partial charge on any atom is 0.173 e. The molecule has 0 saturated carbocycles. The number of fused-ring (bicyclic) bond motifs is 2. The minimum atomic E-state index is 0.691. The lowest BCUT2D eigenvalue weighted by atomic mass is 10.1. The van der Waals surface area contributed by atoms with Crippen molar-refractivity contribution >= 4 is 33.6 Å². The Labute approximate surface area is 275 Å². The van der Waals surface area contributed by atoms with Gasteiger partial charge < -0.3 is 0 Å². The summed E-state index contributed by atoms with van der Waals surface area (Å²) in [4.78, 5) is 15.1. The van der Waals surface area contributed by atoms with Gasteiger partial charge in [-0.25, -0.2) is 15.0 Å². The lowest BCUT2D eigenvalue weighted by Gasteiger charge is -2.10. The SMILES string of the molecule is c1ccc(-n2c(-c3cccc(-c4nsc(-c5cccc(-c6nc7ccccc7n6-c6ccccc6)c5)n4)c3)nc3ccccc32)cc1. The average molecular weight is 623 g/mol. The predicted molar refractivity (Wildman–Crippen MR) is 191 cm³/mol. The molecule has 0 radical (unpaired) electrons. The van der Waals surface area contributed by atoms with Gasteiger partial charge in [-0.1, -0.05) is 97.1 Å². The summed E-state index contributed by atoms with van der Waals surface area (Å²) in [7, 11) is 0. The molecule has 0 amide bonds. The Kier molecular flexibility index (Phi) is 6.54. The van der Waals surface area contributed by atoms with Gasteiger partial charge in [0, 0.05) is 33.6 Å². The van der Waals surface area contributed by atoms with Crippen LogP contribution in [0.2, 0.25) is 0 Å². The van der Waals surface area contributed by atoms with E-state index in [0.29, 0.717) is 5.82 Å². The lowest BCUT2D eigenvalue weighted by molar-refractivity contribution is 1.10. The summed E-state index contributed by atoms with van der Waals surface area (Å²) in [6, 6.07) is 54.0. The fraction of sp³-hybridized carbons (Fsp3) is 0. The second-order valence-corrected chi connectivity index (χ2v) is 12.0. The molecule has 7 heteroatoms. The first-order valence-electron chi connectivity index (χ1n) is 15.4. The Morgan fingerprint density at radius 3 is 1.45 bits per heavy atom. The molecule has 0 fully saturated rings. The third-order valence-electron chi connectivity index (χ3n) is 8.32. The van der Waals surface area contributed by atoms with E-state index in [-0.39, 0.29) is 0 Å². The fourth-order valence-corrected chi connectivity index (χ4v) is 6.84. The fourth-order valence-electron chi connectivity index (χ4n) is 6.16. The van der Waals surface area contributed by atoms with Gasteiger partial charge in [-0.05, 0) is 72.2 Å². The zero-order chi connectivity index (χ0) is 31.2. The molecule has 0 atom stereocenters. The summed E-state index contributed by atoms with van der Waals surface area (Å²) in [6.07, 6.45) is 0. The van der Waals surface area contributed by atoms with Gasteiger partial charge in [0.2, 0.25) is 0 Å². The minimum absolute atomic E-state index is 0.691. The Morgan fingerprint density at radius 2 is 0.872 bits per heavy atom. The molecule has 0 bridgehead atoms. The van der Waals surface area contributed by atoms with Crippen LogP contribution in [-0.2, 0) is 0 Å². The first-order chi connectivity index (χ1) is 23.3. The highest BCUT2D eigenvalue weighted by Gasteiger charge is 2.18. The van der Waals surface area contributed by atoms with Gasteiger partial charge in [0.05, 0.1) is 22.1 Å². The second-order valence-electron chi connectivity index (χ2n) is 11.3. The van der Waals surface area contributed by atoms with Gasteiger partial charge in [0.25, 0.3) is 0 Å². The quantitative estimate of drug-likeness (QED) is 0.185. The van der Waals surface area contributed by atoms with E-state index in [0.717, 1.165) is 72.4 Å². The van der Waals surface area contributed by atoms with Gasteiger partial charge in [0.15, 0.2) is 5.82 Å². The standard InChI is InChI=1S/C40H26N6S/c1-3-17-31(18-4-1)45-35-23-9-7-21-33(35)41-38(45)28-14-11-13-27(25-28)37-43-40(47-44-37)30-16-12-15-29(26-30)39-42-34-22-8-10-24-36(34)46(39)32-19-5-2-6-20-32/h1-26H. The molecule has 0 aliphatic rings. The minimum Gasteiger partial charge on any atom is -0.292 e. The molecule has 0 aliphatic heterocycles. The summed E-state index contributed by atoms with van der Waals surface area (Å²) in [5, 5.41) is 0.853. The van der Waals surface area contributed by atoms with Crippen LogP contribution in [0, 0.1) is 0 Å². The highest BCUT2D eigenvalue weighted by atomic mass is 32.1. The maximum absolute atomic E-state index is 5.05. The number of para-hydroxylation sites is 6. The van der Waals surface area contributed by atoms with Crippen molar-refractivity contribution in [1.82, 2.24) is 28.5 Å². The molecule has 9 aromatic rings. The van der Waals surface area contributed by atoms with Crippen molar-refractivity contribution in [2.45, 2.75) is 0 Å². The number of imidazole rings is 2. The molecule has 6 aromatic carbocycles. The molecule has 0 aliphatic carbocycles. The van der Waals surface area contributed by atoms with Gasteiger partial charge in [0.1, 0.15) is 16.7 Å². The normalized spacial score (nSPS) is 11.4. The summed E-state index contributed by atoms with van der Waals surface area (Å²) >= 11 is 1.40. The Morgan fingerprint density at radius 1 is 0.404 bits per heavy atom. The number of hydrogen-bond donors (Lipinski definition) is 0. The molecule has 0 saturated heterocycles. The van der Waals surface area contributed by atoms with Crippen LogP contribution in [0.4, 0.5) is 0 Å². The first-order valence-corrected chi connectivity index (χ1v) is 16.2. The molecule has 6 nitrogen and oxygen atoms in total. The number of nitrogens with zero attached hydrogens (tertiary/aromatic N) is 6. The predicted octanol–water partition coefficient (Wildman–Crippen LogP) is 9.88. The summed E-state index contributed by atoms with van der Waals surface area (Å²) in [5.74, 6) is 2.46. The van der Waals surface area contributed by atoms with E-state index in [1.54, 1.807) is 0 Å². The zero-order valence-electron chi connectivity index (χ0n) is 25.1. The Bertz CT molecular complexity index is 2350. The molecule has 222 valence electrons. The van der Waals surface area contributed by atoms with E-state index in [9.17, 15) is 0 Å². The maximum atomic E-state index is 5.05. The van der Waals surface area contributed by atoms with Crippen LogP contribution in [0.25, 0.3) is 78.2 Å². The molecule has 0 N–H and O–H groups in total. The monoisotopic (exact) mass is 622 g/mol. The van der Waals surface area contributed by atoms with Crippen molar-refractivity contribution in [3.05, 3.63) is 158 Å². The third-order valence-corrected chi connectivity index (χ3v) is 9.09. The van der Waals surface area contributed by atoms with Crippen molar-refractivity contribution < 1.29 is 0 Å². The first kappa shape index (κ1) is 27.2. The van der Waals surface area contributed by atoms with Crippen LogP contribution < -0.4 is 0 Å². The van der Waals surface area contributed by atoms with Crippen molar-refractivity contribution in [2.75, 3.05) is 0 Å². The van der Waals surface area contributed by atoms with E-state index < -0.39 is 0 Å². The largest absolute Gasteiger partial charge is 0.292 e. The highest BCUT2D eigenvalue weighted by molar-refractivity contribution is 7.09. The summed E-state index contributed by atoms with van der Waals surface area (Å²) in [6.45, 7) is 0. The molecule has 9 rings (SSSR count). The molecule has 0 unspecified atom stereocenters. The van der Waals surface area contributed by atoms with Crippen LogP contribution in [0.1, 0.15) is 0 Å². The third kappa shape index (κ3) is 4.81. The molecule has 3 aromatic heterocycles. The van der Waals surface area contributed by atoms with Crippen LogP contribution in [-0.4, -0.2) is 28.5 Å². The zero-order valence-corrected chi connectivity index (χ0v) is 25.9. The molecular weight excluding hydrogens is 597 g/mol. The second kappa shape index (κ2) is 11.3. The van der Waals surface area contributed by atoms with Crippen molar-refractivity contribution in [3.8, 4) is 56.1 Å². The van der Waals surface area contributed by atoms with E-state index in [1.165, 1.54) is 11.5 Å². The number of rotatable bonds is 6. The molecule has 3 heterocycles. The van der Waals surface area contributed by atoms with Crippen molar-refractivity contribution in [1.29, 1.82) is 0 Å². The lowest BCUT2D eigenvalue weighted by Crippen LogP contribution is -1.97. The summed E-state index contributed by atoms with van der Waals surface area (Å²) in [5.41, 5.74) is 10.1. The number of hydrogen-bond acceptors (Lipinski definition) is 5. The van der Waals surface area contributed by atoms with Gasteiger partial charge in [-0.3, -0.25) is 9.13 Å². The van der Waals surface area contributed by atoms with Gasteiger partial charge >= 0.3 is 0 Å². The van der Waals surface area contributed by atoms with Gasteiger partial charge in [-0.2, -0.15) is 4.37 Å². The molecule has 47 heavy (non-hydrogen) atoms. The van der Waals surface area contributed by atoms with E-state index in [4.69, 9.17) is 19.3 Å². The molecular formula is C40H26N6S. The van der Waals surface area contributed by atoms with Crippen LogP contribution in [0.3, 0.4) is 0 Å². The molecule has 0 spiro atoms. The van der Waals surface area contributed by atoms with Crippen LogP contribution in [0.15, 0.2) is 158 Å². The Hall–Kier alpha value is -6.18. The van der Waals surface area contributed by atoms with Gasteiger partial charge in [-0.15, -0.1) is 0 Å². The van der Waals surface area contributed by atoms with Crippen LogP contribution in [0.5, 0.6) is 0 Å². The number of benzene rings is 6. The highest BCUT2D eigenvalue weighted by Crippen LogP contribution is 2.34. The Balaban J connectivity index is 1.10. The summed E-state index contributed by atoms with van der Waals surface area (Å²) < 4.78 is 9.23. The van der Waals surface area contributed by atoms with E-state index >= 15 is 0 Å². The average Bonchev–Trinajstić information content (AvgIpc) is 3.89. The topological polar surface area (TPSA) is 61.4 Å². The van der Waals surface area contributed by atoms with E-state index in [2.05, 4.69) is 143 Å². The number of aromatic nitrogens is 6. The van der Waals surface area contributed by atoms with Crippen molar-refractivity contribution in [3.63, 3.8) is 0 Å². The smallest absolute Gasteiger partial charge is 0.173 e. The van der Waals surface area contributed by atoms with Crippen LogP contribution >= 0.6 is 11.5 Å².